The molecule has 1 atom stereocenters. The van der Waals surface area contributed by atoms with Crippen molar-refractivity contribution >= 4 is 23.3 Å². The van der Waals surface area contributed by atoms with Crippen molar-refractivity contribution in [1.82, 2.24) is 0 Å². The molecule has 0 spiro atoms. The van der Waals surface area contributed by atoms with E-state index in [0.29, 0.717) is 18.2 Å². The lowest BCUT2D eigenvalue weighted by atomic mass is 10.1. The number of halogens is 1. The summed E-state index contributed by atoms with van der Waals surface area (Å²) in [6.07, 6.45) is 0. The second-order valence-corrected chi connectivity index (χ2v) is 4.74. The van der Waals surface area contributed by atoms with Gasteiger partial charge in [-0.1, -0.05) is 17.7 Å². The second kappa shape index (κ2) is 4.57. The molecule has 1 aliphatic rings. The highest BCUT2D eigenvalue weighted by molar-refractivity contribution is 6.33. The number of hydrogen-bond acceptors (Lipinski definition) is 3. The highest BCUT2D eigenvalue weighted by Gasteiger charge is 2.43. The number of nitrogens with zero attached hydrogens (tertiary/aromatic N) is 1. The number of anilines is 1. The smallest absolute Gasteiger partial charge is 0.330 e. The number of benzene rings is 1. The molecule has 3 nitrogen and oxygen atoms in total. The van der Waals surface area contributed by atoms with Gasteiger partial charge >= 0.3 is 5.97 Å². The standard InChI is InChI=1S/C13H16ClNO2/c1-4-17-13(16)11-7-15(11)12-9(3)5-8(2)6-10(12)14/h5-6,11H,4,7H2,1-3H3. The molecule has 92 valence electrons. The molecule has 4 heteroatoms. The average molecular weight is 254 g/mol. The van der Waals surface area contributed by atoms with Crippen LogP contribution in [0.25, 0.3) is 0 Å². The maximum atomic E-state index is 11.6. The monoisotopic (exact) mass is 253 g/mol. The van der Waals surface area contributed by atoms with Crippen molar-refractivity contribution in [3.05, 3.63) is 28.3 Å². The first-order valence-corrected chi connectivity index (χ1v) is 6.12. The Morgan fingerprint density at radius 1 is 1.53 bits per heavy atom. The number of esters is 1. The Bertz CT molecular complexity index is 436. The van der Waals surface area contributed by atoms with Gasteiger partial charge in [0.1, 0.15) is 6.04 Å². The molecule has 0 radical (unpaired) electrons. The van der Waals surface area contributed by atoms with Gasteiger partial charge in [-0.15, -0.1) is 0 Å². The molecular weight excluding hydrogens is 238 g/mol. The molecule has 1 aromatic carbocycles. The SMILES string of the molecule is CCOC(=O)C1CN1c1c(C)cc(C)cc1Cl. The minimum atomic E-state index is -0.163. The highest BCUT2D eigenvalue weighted by Crippen LogP contribution is 2.38. The van der Waals surface area contributed by atoms with Gasteiger partial charge in [-0.25, -0.2) is 4.79 Å². The van der Waals surface area contributed by atoms with Gasteiger partial charge in [0.25, 0.3) is 0 Å². The summed E-state index contributed by atoms with van der Waals surface area (Å²) in [7, 11) is 0. The van der Waals surface area contributed by atoms with Gasteiger partial charge in [-0.3, -0.25) is 0 Å². The Balaban J connectivity index is 2.19. The Morgan fingerprint density at radius 2 is 2.24 bits per heavy atom. The normalized spacial score (nSPS) is 18.1. The van der Waals surface area contributed by atoms with Gasteiger partial charge in [0.05, 0.1) is 23.9 Å². The Morgan fingerprint density at radius 3 is 2.82 bits per heavy atom. The first-order valence-electron chi connectivity index (χ1n) is 5.74. The number of rotatable bonds is 3. The number of carbonyl (C=O) groups excluding carboxylic acids is 1. The largest absolute Gasteiger partial charge is 0.464 e. The van der Waals surface area contributed by atoms with Gasteiger partial charge < -0.3 is 9.64 Å². The van der Waals surface area contributed by atoms with Crippen molar-refractivity contribution in [2.24, 2.45) is 0 Å². The minimum absolute atomic E-state index is 0.158. The van der Waals surface area contributed by atoms with Crippen LogP contribution in [-0.4, -0.2) is 25.2 Å². The summed E-state index contributed by atoms with van der Waals surface area (Å²) in [4.78, 5) is 13.6. The van der Waals surface area contributed by atoms with Gasteiger partial charge in [0, 0.05) is 0 Å². The molecule has 1 unspecified atom stereocenters. The van der Waals surface area contributed by atoms with Gasteiger partial charge in [-0.2, -0.15) is 0 Å². The molecule has 0 aliphatic carbocycles. The Hall–Kier alpha value is -1.22. The van der Waals surface area contributed by atoms with Gasteiger partial charge in [-0.05, 0) is 38.0 Å². The van der Waals surface area contributed by atoms with Gasteiger partial charge in [0.15, 0.2) is 0 Å². The van der Waals surface area contributed by atoms with Crippen LogP contribution in [0, 0.1) is 13.8 Å². The van der Waals surface area contributed by atoms with Crippen molar-refractivity contribution in [3.8, 4) is 0 Å². The molecule has 2 rings (SSSR count). The summed E-state index contributed by atoms with van der Waals surface area (Å²) in [5, 5.41) is 0.703. The molecule has 0 N–H and O–H groups in total. The van der Waals surface area contributed by atoms with E-state index in [1.165, 1.54) is 0 Å². The molecule has 0 amide bonds. The van der Waals surface area contributed by atoms with Crippen LogP contribution in [0.2, 0.25) is 5.02 Å². The van der Waals surface area contributed by atoms with E-state index in [1.807, 2.05) is 31.7 Å². The van der Waals surface area contributed by atoms with Crippen molar-refractivity contribution in [1.29, 1.82) is 0 Å². The summed E-state index contributed by atoms with van der Waals surface area (Å²) in [6, 6.07) is 3.83. The van der Waals surface area contributed by atoms with E-state index in [0.717, 1.165) is 16.8 Å². The number of ether oxygens (including phenoxy) is 1. The van der Waals surface area contributed by atoms with Crippen LogP contribution >= 0.6 is 11.6 Å². The highest BCUT2D eigenvalue weighted by atomic mass is 35.5. The lowest BCUT2D eigenvalue weighted by Gasteiger charge is -2.12. The first-order chi connectivity index (χ1) is 8.04. The summed E-state index contributed by atoms with van der Waals surface area (Å²) >= 11 is 6.22. The van der Waals surface area contributed by atoms with E-state index in [9.17, 15) is 4.79 Å². The van der Waals surface area contributed by atoms with Crippen LogP contribution in [-0.2, 0) is 9.53 Å². The molecule has 1 aliphatic heterocycles. The quantitative estimate of drug-likeness (QED) is 0.613. The minimum Gasteiger partial charge on any atom is -0.464 e. The summed E-state index contributed by atoms with van der Waals surface area (Å²) in [5.41, 5.74) is 3.18. The third kappa shape index (κ3) is 2.39. The predicted molar refractivity (Wildman–Crippen MR) is 68.7 cm³/mol. The molecule has 17 heavy (non-hydrogen) atoms. The Kier molecular flexibility index (Phi) is 3.29. The number of carbonyl (C=O) groups is 1. The van der Waals surface area contributed by atoms with Gasteiger partial charge in [0.2, 0.25) is 0 Å². The maximum absolute atomic E-state index is 11.6. The van der Waals surface area contributed by atoms with Crippen LogP contribution in [0.3, 0.4) is 0 Å². The van der Waals surface area contributed by atoms with Crippen LogP contribution in [0.15, 0.2) is 12.1 Å². The molecule has 1 saturated heterocycles. The lowest BCUT2D eigenvalue weighted by Crippen LogP contribution is -2.16. The summed E-state index contributed by atoms with van der Waals surface area (Å²) in [5.74, 6) is -0.163. The number of hydrogen-bond donors (Lipinski definition) is 0. The third-order valence-corrected chi connectivity index (χ3v) is 3.14. The van der Waals surface area contributed by atoms with Crippen LogP contribution in [0.1, 0.15) is 18.1 Å². The van der Waals surface area contributed by atoms with Crippen molar-refractivity contribution in [2.45, 2.75) is 26.8 Å². The van der Waals surface area contributed by atoms with E-state index >= 15 is 0 Å². The molecule has 0 aromatic heterocycles. The van der Waals surface area contributed by atoms with Crippen LogP contribution in [0.5, 0.6) is 0 Å². The molecule has 0 saturated carbocycles. The van der Waals surface area contributed by atoms with Crippen LogP contribution in [0.4, 0.5) is 5.69 Å². The fourth-order valence-corrected chi connectivity index (χ4v) is 2.53. The van der Waals surface area contributed by atoms with Crippen molar-refractivity contribution < 1.29 is 9.53 Å². The summed E-state index contributed by atoms with van der Waals surface area (Å²) in [6.45, 7) is 6.95. The van der Waals surface area contributed by atoms with Crippen LogP contribution < -0.4 is 4.90 Å². The zero-order chi connectivity index (χ0) is 12.6. The molecular formula is C13H16ClNO2. The maximum Gasteiger partial charge on any atom is 0.330 e. The molecule has 0 bridgehead atoms. The predicted octanol–water partition coefficient (Wildman–Crippen LogP) is 2.71. The van der Waals surface area contributed by atoms with Crippen molar-refractivity contribution in [2.75, 3.05) is 18.1 Å². The van der Waals surface area contributed by atoms with Crippen molar-refractivity contribution in [3.63, 3.8) is 0 Å². The number of aryl methyl sites for hydroxylation is 2. The van der Waals surface area contributed by atoms with E-state index in [4.69, 9.17) is 16.3 Å². The van der Waals surface area contributed by atoms with E-state index in [-0.39, 0.29) is 12.0 Å². The van der Waals surface area contributed by atoms with E-state index in [1.54, 1.807) is 0 Å². The average Bonchev–Trinajstić information content (AvgIpc) is 2.96. The third-order valence-electron chi connectivity index (χ3n) is 2.86. The molecule has 1 heterocycles. The fraction of sp³-hybridized carbons (Fsp3) is 0.462. The molecule has 1 aromatic rings. The topological polar surface area (TPSA) is 29.3 Å². The summed E-state index contributed by atoms with van der Waals surface area (Å²) < 4.78 is 5.00. The lowest BCUT2D eigenvalue weighted by molar-refractivity contribution is -0.142. The second-order valence-electron chi connectivity index (χ2n) is 4.33. The zero-order valence-corrected chi connectivity index (χ0v) is 11.0. The van der Waals surface area contributed by atoms with E-state index in [2.05, 4.69) is 6.07 Å². The van der Waals surface area contributed by atoms with E-state index < -0.39 is 0 Å². The fourth-order valence-electron chi connectivity index (χ4n) is 2.10. The first kappa shape index (κ1) is 12.2. The Labute approximate surface area is 106 Å². The molecule has 1 fully saturated rings. The zero-order valence-electron chi connectivity index (χ0n) is 10.3.